The monoisotopic (exact) mass is 742 g/mol. The molecular weight excluding hydrogens is 724 g/mol. The van der Waals surface area contributed by atoms with Gasteiger partial charge < -0.3 is 20.4 Å². The SMILES string of the molecule is O.O=c1[nH]nc([O-])c2cc(Oc3ccc4c(=O)[nH]nc([O-])c4c3)ccc12.[Pb+2].c1cnc2c(c1)ccc1cccnc12. The number of benzene rings is 3. The molecule has 0 saturated carbocycles. The molecule has 13 heteroatoms. The van der Waals surface area contributed by atoms with Crippen LogP contribution in [0.5, 0.6) is 23.3 Å². The molecule has 0 bridgehead atoms. The van der Waals surface area contributed by atoms with E-state index in [1.54, 1.807) is 12.4 Å². The molecule has 4 N–H and O–H groups in total. The fourth-order valence-corrected chi connectivity index (χ4v) is 4.18. The third-order valence-electron chi connectivity index (χ3n) is 6.03. The Morgan fingerprint density at radius 1 is 0.610 bits per heavy atom. The Labute approximate surface area is 249 Å². The molecule has 0 fully saturated rings. The van der Waals surface area contributed by atoms with Crippen molar-refractivity contribution in [2.24, 2.45) is 0 Å². The minimum absolute atomic E-state index is 0. The first-order valence-electron chi connectivity index (χ1n) is 11.6. The van der Waals surface area contributed by atoms with Gasteiger partial charge >= 0.3 is 27.3 Å². The molecule has 0 atom stereocenters. The number of nitrogens with one attached hydrogen (secondary N) is 2. The number of aromatic amines is 2. The van der Waals surface area contributed by atoms with E-state index in [-0.39, 0.29) is 65.8 Å². The minimum atomic E-state index is -0.587. The van der Waals surface area contributed by atoms with E-state index in [0.717, 1.165) is 21.8 Å². The van der Waals surface area contributed by atoms with Crippen LogP contribution in [-0.4, -0.2) is 63.1 Å². The number of nitrogens with zero attached hydrogens (tertiary/aromatic N) is 4. The summed E-state index contributed by atoms with van der Waals surface area (Å²) in [6, 6.07) is 20.8. The number of ether oxygens (including phenoxy) is 1. The van der Waals surface area contributed by atoms with E-state index in [1.165, 1.54) is 36.4 Å². The van der Waals surface area contributed by atoms with E-state index in [9.17, 15) is 19.8 Å². The van der Waals surface area contributed by atoms with E-state index < -0.39 is 22.9 Å². The summed E-state index contributed by atoms with van der Waals surface area (Å²) < 4.78 is 5.63. The Kier molecular flexibility index (Phi) is 8.54. The molecule has 0 unspecified atom stereocenters. The van der Waals surface area contributed by atoms with Gasteiger partial charge in [0.15, 0.2) is 0 Å². The van der Waals surface area contributed by atoms with Crippen molar-refractivity contribution in [2.45, 2.75) is 0 Å². The maximum atomic E-state index is 11.8. The van der Waals surface area contributed by atoms with Crippen molar-refractivity contribution < 1.29 is 20.4 Å². The minimum Gasteiger partial charge on any atom is -0.857 e. The summed E-state index contributed by atoms with van der Waals surface area (Å²) in [7, 11) is 0. The molecule has 0 aliphatic carbocycles. The maximum Gasteiger partial charge on any atom is 2.00 e. The molecule has 200 valence electrons. The molecule has 3 aromatic carbocycles. The van der Waals surface area contributed by atoms with Crippen molar-refractivity contribution in [1.29, 1.82) is 0 Å². The van der Waals surface area contributed by atoms with Crippen molar-refractivity contribution in [3.05, 3.63) is 106 Å². The standard InChI is InChI=1S/C16H10N4O5.C12H8N2.H2O.Pb/c21-13-9-3-1-7(5-11(9)15(23)19-17-13)25-8-2-4-10-12(6-8)16(24)20-18-14(10)22;1-3-9-5-6-10-4-2-8-14-12(10)11(9)13-7-1;;/h1-6H,(H,17,21)(H,18,22)(H,19,23)(H,20,24);1-8H;1H2;/q;;;+2/p-2. The Morgan fingerprint density at radius 3 is 1.49 bits per heavy atom. The van der Waals surface area contributed by atoms with Crippen LogP contribution < -0.4 is 26.1 Å². The summed E-state index contributed by atoms with van der Waals surface area (Å²) in [5.41, 5.74) is 0.998. The van der Waals surface area contributed by atoms with Crippen molar-refractivity contribution in [1.82, 2.24) is 30.4 Å². The zero-order valence-corrected chi connectivity index (χ0v) is 24.8. The van der Waals surface area contributed by atoms with Crippen LogP contribution >= 0.6 is 0 Å². The summed E-state index contributed by atoms with van der Waals surface area (Å²) in [5, 5.41) is 37.4. The largest absolute Gasteiger partial charge is 2.00 e. The fourth-order valence-electron chi connectivity index (χ4n) is 4.18. The molecule has 12 nitrogen and oxygen atoms in total. The van der Waals surface area contributed by atoms with Gasteiger partial charge in [0.05, 0.1) is 11.0 Å². The number of H-pyrrole nitrogens is 2. The zero-order chi connectivity index (χ0) is 26.9. The Morgan fingerprint density at radius 2 is 1.05 bits per heavy atom. The van der Waals surface area contributed by atoms with Gasteiger partial charge in [-0.25, -0.2) is 10.2 Å². The Balaban J connectivity index is 0.000000206. The van der Waals surface area contributed by atoms with Crippen molar-refractivity contribution in [3.63, 3.8) is 0 Å². The average molecular weight is 742 g/mol. The maximum absolute atomic E-state index is 11.8. The van der Waals surface area contributed by atoms with Gasteiger partial charge in [-0.15, -0.1) is 0 Å². The summed E-state index contributed by atoms with van der Waals surface area (Å²) in [5.74, 6) is -0.615. The first-order valence-corrected chi connectivity index (χ1v) is 11.6. The molecule has 0 aliphatic rings. The topological polar surface area (TPSA) is 204 Å². The van der Waals surface area contributed by atoms with Gasteiger partial charge in [0, 0.05) is 56.5 Å². The fraction of sp³-hybridized carbons (Fsp3) is 0. The normalized spacial score (nSPS) is 10.4. The predicted octanol–water partition coefficient (Wildman–Crippen LogP) is 1.68. The first kappa shape index (κ1) is 29.0. The number of fused-ring (bicyclic) bond motifs is 5. The second-order valence-corrected chi connectivity index (χ2v) is 8.45. The van der Waals surface area contributed by atoms with Gasteiger partial charge in [-0.2, -0.15) is 10.2 Å². The van der Waals surface area contributed by atoms with Crippen LogP contribution in [0.25, 0.3) is 43.4 Å². The molecule has 7 rings (SSSR count). The van der Waals surface area contributed by atoms with E-state index in [0.29, 0.717) is 0 Å². The van der Waals surface area contributed by atoms with Gasteiger partial charge in [-0.05, 0) is 48.5 Å². The zero-order valence-electron chi connectivity index (χ0n) is 20.9. The van der Waals surface area contributed by atoms with Crippen molar-refractivity contribution in [3.8, 4) is 23.3 Å². The van der Waals surface area contributed by atoms with Crippen LogP contribution in [0.1, 0.15) is 0 Å². The van der Waals surface area contributed by atoms with Gasteiger partial charge in [0.2, 0.25) is 0 Å². The van der Waals surface area contributed by atoms with Crippen LogP contribution in [0.2, 0.25) is 0 Å². The molecule has 4 aromatic heterocycles. The molecule has 7 aromatic rings. The quantitative estimate of drug-likeness (QED) is 0.195. The number of hydrogen-bond acceptors (Lipinski definition) is 9. The van der Waals surface area contributed by atoms with Crippen LogP contribution in [0.3, 0.4) is 0 Å². The smallest absolute Gasteiger partial charge is 0.857 e. The van der Waals surface area contributed by atoms with Gasteiger partial charge in [0.1, 0.15) is 11.5 Å². The number of hydrogen-bond donors (Lipinski definition) is 2. The van der Waals surface area contributed by atoms with Crippen LogP contribution in [-0.2, 0) is 0 Å². The predicted molar refractivity (Wildman–Crippen MR) is 150 cm³/mol. The van der Waals surface area contributed by atoms with Crippen LogP contribution in [0.15, 0.2) is 94.8 Å². The van der Waals surface area contributed by atoms with Gasteiger partial charge in [-0.3, -0.25) is 19.6 Å². The summed E-state index contributed by atoms with van der Waals surface area (Å²) >= 11 is 0. The van der Waals surface area contributed by atoms with Gasteiger partial charge in [-0.1, -0.05) is 24.3 Å². The molecular formula is C28H18N6O6Pb. The van der Waals surface area contributed by atoms with E-state index in [4.69, 9.17) is 4.74 Å². The molecule has 2 radical (unpaired) electrons. The first-order chi connectivity index (χ1) is 19.0. The number of aromatic nitrogens is 6. The molecule has 0 amide bonds. The van der Waals surface area contributed by atoms with E-state index >= 15 is 0 Å². The van der Waals surface area contributed by atoms with Gasteiger partial charge in [0.25, 0.3) is 11.1 Å². The second-order valence-electron chi connectivity index (χ2n) is 8.45. The molecule has 41 heavy (non-hydrogen) atoms. The summed E-state index contributed by atoms with van der Waals surface area (Å²) in [4.78, 5) is 32.0. The third kappa shape index (κ3) is 5.68. The Hall–Kier alpha value is -4.96. The van der Waals surface area contributed by atoms with E-state index in [2.05, 4.69) is 54.6 Å². The van der Waals surface area contributed by atoms with Crippen LogP contribution in [0.4, 0.5) is 0 Å². The number of pyridine rings is 2. The third-order valence-corrected chi connectivity index (χ3v) is 6.03. The average Bonchev–Trinajstić information content (AvgIpc) is 2.97. The van der Waals surface area contributed by atoms with E-state index in [1.807, 2.05) is 12.1 Å². The molecule has 0 spiro atoms. The second kappa shape index (κ2) is 12.1. The molecule has 0 saturated heterocycles. The number of rotatable bonds is 2. The summed E-state index contributed by atoms with van der Waals surface area (Å²) in [6.45, 7) is 0. The van der Waals surface area contributed by atoms with Crippen molar-refractivity contribution >= 4 is 70.6 Å². The Bertz CT molecular complexity index is 2000. The van der Waals surface area contributed by atoms with Crippen molar-refractivity contribution in [2.75, 3.05) is 0 Å². The molecule has 4 heterocycles. The summed E-state index contributed by atoms with van der Waals surface area (Å²) in [6.07, 6.45) is 3.60. The molecule has 0 aliphatic heterocycles. The van der Waals surface area contributed by atoms with Crippen LogP contribution in [0, 0.1) is 0 Å².